The number of hydrogen-bond acceptors (Lipinski definition) is 6. The van der Waals surface area contributed by atoms with E-state index in [4.69, 9.17) is 9.47 Å². The van der Waals surface area contributed by atoms with E-state index >= 15 is 0 Å². The summed E-state index contributed by atoms with van der Waals surface area (Å²) < 4.78 is 34.4. The van der Waals surface area contributed by atoms with Crippen LogP contribution in [-0.4, -0.2) is 62.8 Å². The minimum Gasteiger partial charge on any atom is -0.493 e. The monoisotopic (exact) mass is 411 g/mol. The first kappa shape index (κ1) is 22.2. The summed E-state index contributed by atoms with van der Waals surface area (Å²) >= 11 is 0. The molecule has 1 atom stereocenters. The topological polar surface area (TPSA) is 90.0 Å². The highest BCUT2D eigenvalue weighted by Gasteiger charge is 2.33. The van der Waals surface area contributed by atoms with Gasteiger partial charge < -0.3 is 14.4 Å². The van der Waals surface area contributed by atoms with Gasteiger partial charge in [-0.3, -0.25) is 9.59 Å². The third-order valence-electron chi connectivity index (χ3n) is 4.80. The van der Waals surface area contributed by atoms with E-state index in [0.717, 1.165) is 6.42 Å². The van der Waals surface area contributed by atoms with Crippen LogP contribution in [0, 0.1) is 0 Å². The third-order valence-corrected chi connectivity index (χ3v) is 6.55. The highest BCUT2D eigenvalue weighted by Crippen LogP contribution is 2.28. The molecule has 1 aliphatic heterocycles. The maximum Gasteiger partial charge on any atom is 0.222 e. The molecule has 1 fully saturated rings. The number of sulfone groups is 1. The van der Waals surface area contributed by atoms with Crippen molar-refractivity contribution in [1.82, 2.24) is 4.90 Å². The lowest BCUT2D eigenvalue weighted by atomic mass is 10.1. The van der Waals surface area contributed by atoms with E-state index in [2.05, 4.69) is 0 Å². The molecule has 1 aromatic rings. The number of ketones is 1. The molecule has 0 bridgehead atoms. The van der Waals surface area contributed by atoms with Crippen molar-refractivity contribution in [3.8, 4) is 11.5 Å². The summed E-state index contributed by atoms with van der Waals surface area (Å²) in [6.45, 7) is 4.35. The van der Waals surface area contributed by atoms with Crippen LogP contribution in [0.4, 0.5) is 0 Å². The number of hydrogen-bond donors (Lipinski definition) is 0. The summed E-state index contributed by atoms with van der Waals surface area (Å²) in [6, 6.07) is 4.78. The maximum absolute atomic E-state index is 12.6. The smallest absolute Gasteiger partial charge is 0.222 e. The molecule has 28 heavy (non-hydrogen) atoms. The first-order valence-electron chi connectivity index (χ1n) is 9.59. The van der Waals surface area contributed by atoms with Gasteiger partial charge in [0.05, 0.1) is 25.2 Å². The SMILES string of the molecule is CCCN(C(=O)CCCOc1ccc(C(C)=O)cc1OC)C1CCS(=O)(=O)C1. The van der Waals surface area contributed by atoms with Crippen molar-refractivity contribution in [2.75, 3.05) is 31.8 Å². The second-order valence-corrected chi connectivity index (χ2v) is 9.25. The molecular weight excluding hydrogens is 382 g/mol. The second-order valence-electron chi connectivity index (χ2n) is 7.02. The molecule has 8 heteroatoms. The summed E-state index contributed by atoms with van der Waals surface area (Å²) in [4.78, 5) is 25.8. The van der Waals surface area contributed by atoms with Crippen LogP contribution in [-0.2, 0) is 14.6 Å². The Labute approximate surface area is 166 Å². The Hall–Kier alpha value is -2.09. The van der Waals surface area contributed by atoms with Gasteiger partial charge in [-0.2, -0.15) is 0 Å². The van der Waals surface area contributed by atoms with Crippen LogP contribution in [0.2, 0.25) is 0 Å². The largest absolute Gasteiger partial charge is 0.493 e. The molecule has 1 saturated heterocycles. The average Bonchev–Trinajstić information content (AvgIpc) is 3.02. The summed E-state index contributed by atoms with van der Waals surface area (Å²) in [5.41, 5.74) is 0.543. The number of nitrogens with zero attached hydrogens (tertiary/aromatic N) is 1. The predicted molar refractivity (Wildman–Crippen MR) is 107 cm³/mol. The lowest BCUT2D eigenvalue weighted by Crippen LogP contribution is -2.41. The summed E-state index contributed by atoms with van der Waals surface area (Å²) in [5, 5.41) is 0. The minimum absolute atomic E-state index is 0.0357. The molecule has 2 rings (SSSR count). The van der Waals surface area contributed by atoms with Crippen molar-refractivity contribution in [3.63, 3.8) is 0 Å². The van der Waals surface area contributed by atoms with Crippen LogP contribution in [0.1, 0.15) is 49.9 Å². The zero-order valence-electron chi connectivity index (χ0n) is 16.8. The van der Waals surface area contributed by atoms with Crippen molar-refractivity contribution < 1.29 is 27.5 Å². The van der Waals surface area contributed by atoms with Gasteiger partial charge in [0.25, 0.3) is 0 Å². The summed E-state index contributed by atoms with van der Waals surface area (Å²) in [7, 11) is -1.52. The fourth-order valence-corrected chi connectivity index (χ4v) is 5.06. The van der Waals surface area contributed by atoms with Crippen LogP contribution in [0.3, 0.4) is 0 Å². The molecule has 0 N–H and O–H groups in total. The Morgan fingerprint density at radius 1 is 1.25 bits per heavy atom. The van der Waals surface area contributed by atoms with Gasteiger partial charge in [-0.15, -0.1) is 0 Å². The van der Waals surface area contributed by atoms with Crippen LogP contribution in [0.25, 0.3) is 0 Å². The number of amides is 1. The van der Waals surface area contributed by atoms with Crippen molar-refractivity contribution in [2.24, 2.45) is 0 Å². The van der Waals surface area contributed by atoms with Gasteiger partial charge in [-0.25, -0.2) is 8.42 Å². The van der Waals surface area contributed by atoms with Crippen molar-refractivity contribution in [2.45, 2.75) is 45.6 Å². The number of ether oxygens (including phenoxy) is 2. The Morgan fingerprint density at radius 2 is 2.00 bits per heavy atom. The highest BCUT2D eigenvalue weighted by atomic mass is 32.2. The molecule has 1 heterocycles. The number of carbonyl (C=O) groups is 2. The van der Waals surface area contributed by atoms with Crippen LogP contribution in [0.15, 0.2) is 18.2 Å². The van der Waals surface area contributed by atoms with Crippen LogP contribution < -0.4 is 9.47 Å². The normalized spacial score (nSPS) is 17.9. The first-order chi connectivity index (χ1) is 13.3. The molecule has 0 saturated carbocycles. The molecule has 1 aromatic carbocycles. The van der Waals surface area contributed by atoms with E-state index in [0.29, 0.717) is 49.5 Å². The Bertz CT molecular complexity index is 805. The maximum atomic E-state index is 12.6. The van der Waals surface area contributed by atoms with Crippen LogP contribution >= 0.6 is 0 Å². The van der Waals surface area contributed by atoms with Crippen molar-refractivity contribution in [1.29, 1.82) is 0 Å². The van der Waals surface area contributed by atoms with Crippen LogP contribution in [0.5, 0.6) is 11.5 Å². The van der Waals surface area contributed by atoms with E-state index in [1.807, 2.05) is 6.92 Å². The lowest BCUT2D eigenvalue weighted by Gasteiger charge is -2.28. The Kier molecular flexibility index (Phi) is 7.86. The molecule has 7 nitrogen and oxygen atoms in total. The Morgan fingerprint density at radius 3 is 2.57 bits per heavy atom. The first-order valence-corrected chi connectivity index (χ1v) is 11.4. The average molecular weight is 412 g/mol. The molecule has 0 spiro atoms. The second kappa shape index (κ2) is 9.91. The Balaban J connectivity index is 1.88. The van der Waals surface area contributed by atoms with E-state index in [1.165, 1.54) is 14.0 Å². The van der Waals surface area contributed by atoms with E-state index in [9.17, 15) is 18.0 Å². The van der Waals surface area contributed by atoms with Crippen molar-refractivity contribution >= 4 is 21.5 Å². The summed E-state index contributed by atoms with van der Waals surface area (Å²) in [5.74, 6) is 1.13. The molecule has 0 aromatic heterocycles. The molecule has 1 unspecified atom stereocenters. The number of benzene rings is 1. The number of Topliss-reactive ketones (excluding diaryl/α,β-unsaturated/α-hetero) is 1. The number of methoxy groups -OCH3 is 1. The van der Waals surface area contributed by atoms with Gasteiger partial charge in [-0.05, 0) is 44.4 Å². The summed E-state index contributed by atoms with van der Waals surface area (Å²) in [6.07, 6.45) is 2.11. The minimum atomic E-state index is -3.03. The molecule has 0 aliphatic carbocycles. The molecule has 156 valence electrons. The predicted octanol–water partition coefficient (Wildman–Crippen LogP) is 2.48. The van der Waals surface area contributed by atoms with E-state index in [-0.39, 0.29) is 29.2 Å². The van der Waals surface area contributed by atoms with Crippen molar-refractivity contribution in [3.05, 3.63) is 23.8 Å². The fourth-order valence-electron chi connectivity index (χ4n) is 3.33. The number of rotatable bonds is 10. The lowest BCUT2D eigenvalue weighted by molar-refractivity contribution is -0.133. The molecular formula is C20H29NO6S. The van der Waals surface area contributed by atoms with E-state index < -0.39 is 9.84 Å². The zero-order valence-corrected chi connectivity index (χ0v) is 17.6. The van der Waals surface area contributed by atoms with Gasteiger partial charge in [0.15, 0.2) is 27.1 Å². The zero-order chi connectivity index (χ0) is 20.7. The fraction of sp³-hybridized carbons (Fsp3) is 0.600. The third kappa shape index (κ3) is 5.95. The van der Waals surface area contributed by atoms with Gasteiger partial charge >= 0.3 is 0 Å². The number of carbonyl (C=O) groups excluding carboxylic acids is 2. The molecule has 1 aliphatic rings. The van der Waals surface area contributed by atoms with E-state index in [1.54, 1.807) is 23.1 Å². The molecule has 0 radical (unpaired) electrons. The highest BCUT2D eigenvalue weighted by molar-refractivity contribution is 7.91. The van der Waals surface area contributed by atoms with Gasteiger partial charge in [0.2, 0.25) is 5.91 Å². The van der Waals surface area contributed by atoms with Gasteiger partial charge in [0, 0.05) is 24.6 Å². The molecule has 1 amide bonds. The van der Waals surface area contributed by atoms with Gasteiger partial charge in [0.1, 0.15) is 0 Å². The standard InChI is InChI=1S/C20H29NO6S/c1-4-10-21(17-9-12-28(24,25)14-17)20(23)6-5-11-27-18-8-7-16(15(2)22)13-19(18)26-3/h7-8,13,17H,4-6,9-12,14H2,1-3H3. The quantitative estimate of drug-likeness (QED) is 0.434. The van der Waals surface area contributed by atoms with Gasteiger partial charge in [-0.1, -0.05) is 6.92 Å².